The molecule has 0 aliphatic rings. The highest BCUT2D eigenvalue weighted by atomic mass is 32.2. The first-order valence-corrected chi connectivity index (χ1v) is 10.7. The lowest BCUT2D eigenvalue weighted by Crippen LogP contribution is -2.40. The van der Waals surface area contributed by atoms with Gasteiger partial charge in [-0.05, 0) is 71.7 Å². The van der Waals surface area contributed by atoms with E-state index >= 15 is 0 Å². The van der Waals surface area contributed by atoms with E-state index in [0.717, 1.165) is 31.5 Å². The van der Waals surface area contributed by atoms with Crippen molar-refractivity contribution in [2.75, 3.05) is 18.4 Å². The predicted molar refractivity (Wildman–Crippen MR) is 108 cm³/mol. The third-order valence-electron chi connectivity index (χ3n) is 3.74. The van der Waals surface area contributed by atoms with E-state index in [2.05, 4.69) is 15.4 Å². The van der Waals surface area contributed by atoms with E-state index in [0.29, 0.717) is 12.1 Å². The molecule has 0 heterocycles. The molecule has 7 heteroatoms. The van der Waals surface area contributed by atoms with Crippen LogP contribution in [0.5, 0.6) is 0 Å². The molecule has 0 fully saturated rings. The van der Waals surface area contributed by atoms with E-state index in [1.807, 2.05) is 45.0 Å². The minimum atomic E-state index is -3.15. The second-order valence-corrected chi connectivity index (χ2v) is 10.1. The molecule has 0 saturated carbocycles. The highest BCUT2D eigenvalue weighted by Crippen LogP contribution is 2.11. The third kappa shape index (κ3) is 8.67. The van der Waals surface area contributed by atoms with Gasteiger partial charge in [0.15, 0.2) is 0 Å². The maximum atomic E-state index is 12.1. The maximum absolute atomic E-state index is 12.1. The SMILES string of the molecule is CC(C)S(=O)(=O)NCCCCCNc1ccc(C(=O)NC(C)(C)C)cc1. The summed E-state index contributed by atoms with van der Waals surface area (Å²) in [6, 6.07) is 7.41. The Morgan fingerprint density at radius 2 is 1.58 bits per heavy atom. The van der Waals surface area contributed by atoms with Crippen molar-refractivity contribution in [1.82, 2.24) is 10.0 Å². The second-order valence-electron chi connectivity index (χ2n) is 7.76. The molecule has 3 N–H and O–H groups in total. The fourth-order valence-electron chi connectivity index (χ4n) is 2.19. The van der Waals surface area contributed by atoms with Gasteiger partial charge in [0.2, 0.25) is 10.0 Å². The minimum absolute atomic E-state index is 0.0760. The Morgan fingerprint density at radius 1 is 1.00 bits per heavy atom. The zero-order chi connectivity index (χ0) is 19.8. The Hall–Kier alpha value is -1.60. The quantitative estimate of drug-likeness (QED) is 0.542. The van der Waals surface area contributed by atoms with Crippen LogP contribution in [0, 0.1) is 0 Å². The van der Waals surface area contributed by atoms with Crippen LogP contribution in [-0.4, -0.2) is 38.2 Å². The van der Waals surface area contributed by atoms with Gasteiger partial charge in [-0.3, -0.25) is 4.79 Å². The Bertz CT molecular complexity index is 662. The van der Waals surface area contributed by atoms with Crippen molar-refractivity contribution in [2.45, 2.75) is 64.7 Å². The summed E-state index contributed by atoms with van der Waals surface area (Å²) in [5.74, 6) is -0.0760. The molecule has 0 spiro atoms. The zero-order valence-corrected chi connectivity index (χ0v) is 17.4. The summed E-state index contributed by atoms with van der Waals surface area (Å²) in [6.45, 7) is 10.5. The number of hydrogen-bond donors (Lipinski definition) is 3. The van der Waals surface area contributed by atoms with Gasteiger partial charge >= 0.3 is 0 Å². The fraction of sp³-hybridized carbons (Fsp3) is 0.632. The van der Waals surface area contributed by atoms with Crippen LogP contribution in [0.3, 0.4) is 0 Å². The van der Waals surface area contributed by atoms with E-state index in [1.54, 1.807) is 13.8 Å². The molecule has 0 aromatic heterocycles. The number of carbonyl (C=O) groups excluding carboxylic acids is 1. The highest BCUT2D eigenvalue weighted by Gasteiger charge is 2.15. The molecule has 1 amide bonds. The van der Waals surface area contributed by atoms with Crippen molar-refractivity contribution in [3.63, 3.8) is 0 Å². The van der Waals surface area contributed by atoms with Gasteiger partial charge in [0.05, 0.1) is 5.25 Å². The van der Waals surface area contributed by atoms with Crippen molar-refractivity contribution in [1.29, 1.82) is 0 Å². The van der Waals surface area contributed by atoms with Crippen molar-refractivity contribution < 1.29 is 13.2 Å². The zero-order valence-electron chi connectivity index (χ0n) is 16.6. The minimum Gasteiger partial charge on any atom is -0.385 e. The topological polar surface area (TPSA) is 87.3 Å². The lowest BCUT2D eigenvalue weighted by molar-refractivity contribution is 0.0919. The first-order chi connectivity index (χ1) is 12.0. The van der Waals surface area contributed by atoms with Gasteiger partial charge in [-0.2, -0.15) is 0 Å². The number of anilines is 1. The number of rotatable bonds is 10. The van der Waals surface area contributed by atoms with Crippen molar-refractivity contribution >= 4 is 21.6 Å². The van der Waals surface area contributed by atoms with Gasteiger partial charge in [-0.25, -0.2) is 13.1 Å². The van der Waals surface area contributed by atoms with Gasteiger partial charge in [0.25, 0.3) is 5.91 Å². The molecule has 26 heavy (non-hydrogen) atoms. The van der Waals surface area contributed by atoms with Crippen molar-refractivity contribution in [3.05, 3.63) is 29.8 Å². The van der Waals surface area contributed by atoms with Crippen LogP contribution in [0.4, 0.5) is 5.69 Å². The van der Waals surface area contributed by atoms with E-state index < -0.39 is 15.3 Å². The molecule has 6 nitrogen and oxygen atoms in total. The Balaban J connectivity index is 2.25. The van der Waals surface area contributed by atoms with E-state index in [9.17, 15) is 13.2 Å². The van der Waals surface area contributed by atoms with Gasteiger partial charge in [0, 0.05) is 29.9 Å². The number of unbranched alkanes of at least 4 members (excludes halogenated alkanes) is 2. The number of carbonyl (C=O) groups is 1. The molecule has 1 aromatic rings. The van der Waals surface area contributed by atoms with Gasteiger partial charge < -0.3 is 10.6 Å². The Kier molecular flexibility index (Phi) is 8.56. The van der Waals surface area contributed by atoms with Crippen LogP contribution >= 0.6 is 0 Å². The number of nitrogens with one attached hydrogen (secondary N) is 3. The fourth-order valence-corrected chi connectivity index (χ4v) is 2.96. The molecule has 0 unspecified atom stereocenters. The molecule has 0 saturated heterocycles. The first kappa shape index (κ1) is 22.4. The molecule has 1 aromatic carbocycles. The predicted octanol–water partition coefficient (Wildman–Crippen LogP) is 3.12. The van der Waals surface area contributed by atoms with Gasteiger partial charge in [0.1, 0.15) is 0 Å². The number of amides is 1. The summed E-state index contributed by atoms with van der Waals surface area (Å²) < 4.78 is 25.8. The van der Waals surface area contributed by atoms with Crippen LogP contribution in [0.1, 0.15) is 64.2 Å². The summed E-state index contributed by atoms with van der Waals surface area (Å²) in [5, 5.41) is 5.86. The molecule has 0 radical (unpaired) electrons. The summed E-state index contributed by atoms with van der Waals surface area (Å²) in [5.41, 5.74) is 1.36. The molecule has 0 aliphatic heterocycles. The standard InChI is InChI=1S/C19H33N3O3S/c1-15(2)26(24,25)21-14-8-6-7-13-20-17-11-9-16(10-12-17)18(23)22-19(3,4)5/h9-12,15,20-21H,6-8,13-14H2,1-5H3,(H,22,23). The van der Waals surface area contributed by atoms with Crippen LogP contribution in [0.25, 0.3) is 0 Å². The van der Waals surface area contributed by atoms with Gasteiger partial charge in [-0.1, -0.05) is 6.42 Å². The van der Waals surface area contributed by atoms with Crippen LogP contribution < -0.4 is 15.4 Å². The third-order valence-corrected chi connectivity index (χ3v) is 5.59. The average Bonchev–Trinajstić information content (AvgIpc) is 2.52. The number of benzene rings is 1. The van der Waals surface area contributed by atoms with E-state index in [-0.39, 0.29) is 11.4 Å². The molecule has 0 bridgehead atoms. The highest BCUT2D eigenvalue weighted by molar-refractivity contribution is 7.90. The Labute approximate surface area is 158 Å². The van der Waals surface area contributed by atoms with Crippen LogP contribution in [0.2, 0.25) is 0 Å². The van der Waals surface area contributed by atoms with E-state index in [4.69, 9.17) is 0 Å². The smallest absolute Gasteiger partial charge is 0.251 e. The van der Waals surface area contributed by atoms with E-state index in [1.165, 1.54) is 0 Å². The molecular formula is C19H33N3O3S. The van der Waals surface area contributed by atoms with Crippen LogP contribution in [0.15, 0.2) is 24.3 Å². The summed E-state index contributed by atoms with van der Waals surface area (Å²) >= 11 is 0. The second kappa shape index (κ2) is 9.92. The Morgan fingerprint density at radius 3 is 2.12 bits per heavy atom. The molecular weight excluding hydrogens is 350 g/mol. The van der Waals surface area contributed by atoms with Gasteiger partial charge in [-0.15, -0.1) is 0 Å². The first-order valence-electron chi connectivity index (χ1n) is 9.16. The largest absolute Gasteiger partial charge is 0.385 e. The lowest BCUT2D eigenvalue weighted by Gasteiger charge is -2.20. The lowest BCUT2D eigenvalue weighted by atomic mass is 10.1. The summed E-state index contributed by atoms with van der Waals surface area (Å²) in [6.07, 6.45) is 2.72. The molecule has 148 valence electrons. The van der Waals surface area contributed by atoms with Crippen molar-refractivity contribution in [3.8, 4) is 0 Å². The van der Waals surface area contributed by atoms with Crippen molar-refractivity contribution in [2.24, 2.45) is 0 Å². The number of hydrogen-bond acceptors (Lipinski definition) is 4. The summed E-state index contributed by atoms with van der Waals surface area (Å²) in [7, 11) is -3.15. The summed E-state index contributed by atoms with van der Waals surface area (Å²) in [4.78, 5) is 12.1. The number of sulfonamides is 1. The molecule has 0 aliphatic carbocycles. The molecule has 0 atom stereocenters. The average molecular weight is 384 g/mol. The normalized spacial score (nSPS) is 12.2. The van der Waals surface area contributed by atoms with Crippen LogP contribution in [-0.2, 0) is 10.0 Å². The monoisotopic (exact) mass is 383 g/mol. The maximum Gasteiger partial charge on any atom is 0.251 e. The molecule has 1 rings (SSSR count).